The number of piperidine rings is 1. The first-order valence-electron chi connectivity index (χ1n) is 10.6. The lowest BCUT2D eigenvalue weighted by atomic mass is 9.95. The first-order valence-corrected chi connectivity index (χ1v) is 11.0. The minimum atomic E-state index is -0.00137. The molecule has 0 N–H and O–H groups in total. The van der Waals surface area contributed by atoms with Gasteiger partial charge in [0.2, 0.25) is 5.91 Å². The van der Waals surface area contributed by atoms with E-state index in [1.807, 2.05) is 21.9 Å². The summed E-state index contributed by atoms with van der Waals surface area (Å²) >= 11 is 5.92. The summed E-state index contributed by atoms with van der Waals surface area (Å²) in [5.41, 5.74) is 0.642. The fourth-order valence-corrected chi connectivity index (χ4v) is 4.33. The SMILES string of the molecule is COc1ccc(C(=O)N2CCN(C(=O)C3CCN(c4ccc(Cl)cn4)CC3)CC2)cc1. The van der Waals surface area contributed by atoms with Crippen LogP contribution in [-0.4, -0.2) is 73.0 Å². The zero-order valence-corrected chi connectivity index (χ0v) is 18.4. The highest BCUT2D eigenvalue weighted by atomic mass is 35.5. The van der Waals surface area contributed by atoms with E-state index in [-0.39, 0.29) is 17.7 Å². The molecule has 2 amide bonds. The first-order chi connectivity index (χ1) is 15.0. The zero-order valence-electron chi connectivity index (χ0n) is 17.7. The molecule has 7 nitrogen and oxygen atoms in total. The van der Waals surface area contributed by atoms with Crippen molar-refractivity contribution < 1.29 is 14.3 Å². The minimum Gasteiger partial charge on any atom is -0.497 e. The lowest BCUT2D eigenvalue weighted by Crippen LogP contribution is -2.53. The molecule has 0 bridgehead atoms. The number of methoxy groups -OCH3 is 1. The third-order valence-electron chi connectivity index (χ3n) is 6.10. The molecular formula is C23H27ClN4O3. The van der Waals surface area contributed by atoms with Crippen molar-refractivity contribution in [1.29, 1.82) is 0 Å². The maximum atomic E-state index is 13.0. The molecule has 0 saturated carbocycles. The highest BCUT2D eigenvalue weighted by molar-refractivity contribution is 6.30. The van der Waals surface area contributed by atoms with Gasteiger partial charge in [0.15, 0.2) is 0 Å². The molecule has 2 aromatic rings. The van der Waals surface area contributed by atoms with Crippen molar-refractivity contribution in [3.05, 3.63) is 53.2 Å². The van der Waals surface area contributed by atoms with Gasteiger partial charge in [-0.1, -0.05) is 11.6 Å². The Balaban J connectivity index is 1.26. The Morgan fingerprint density at radius 1 is 0.935 bits per heavy atom. The number of carbonyl (C=O) groups is 2. The van der Waals surface area contributed by atoms with Crippen LogP contribution in [0.25, 0.3) is 0 Å². The maximum absolute atomic E-state index is 13.0. The lowest BCUT2D eigenvalue weighted by Gasteiger charge is -2.38. The second-order valence-corrected chi connectivity index (χ2v) is 8.38. The van der Waals surface area contributed by atoms with Crippen LogP contribution < -0.4 is 9.64 Å². The summed E-state index contributed by atoms with van der Waals surface area (Å²) in [6, 6.07) is 10.9. The van der Waals surface area contributed by atoms with Gasteiger partial charge in [0.25, 0.3) is 5.91 Å². The van der Waals surface area contributed by atoms with Gasteiger partial charge < -0.3 is 19.4 Å². The summed E-state index contributed by atoms with van der Waals surface area (Å²) in [5.74, 6) is 1.87. The highest BCUT2D eigenvalue weighted by Gasteiger charge is 2.31. The van der Waals surface area contributed by atoms with Gasteiger partial charge >= 0.3 is 0 Å². The van der Waals surface area contributed by atoms with E-state index >= 15 is 0 Å². The molecule has 0 spiro atoms. The Hall–Kier alpha value is -2.80. The van der Waals surface area contributed by atoms with Crippen LogP contribution in [0, 0.1) is 5.92 Å². The standard InChI is InChI=1S/C23H27ClN4O3/c1-31-20-5-2-17(3-6-20)22(29)27-12-14-28(15-13-27)23(30)18-8-10-26(11-9-18)21-7-4-19(24)16-25-21/h2-7,16,18H,8-15H2,1H3. The third kappa shape index (κ3) is 4.93. The summed E-state index contributed by atoms with van der Waals surface area (Å²) in [4.78, 5) is 36.1. The molecule has 1 aromatic carbocycles. The zero-order chi connectivity index (χ0) is 21.8. The topological polar surface area (TPSA) is 66.0 Å². The quantitative estimate of drug-likeness (QED) is 0.728. The van der Waals surface area contributed by atoms with Crippen molar-refractivity contribution in [2.24, 2.45) is 5.92 Å². The van der Waals surface area contributed by atoms with E-state index in [0.29, 0.717) is 36.8 Å². The molecule has 164 valence electrons. The van der Waals surface area contributed by atoms with Gasteiger partial charge in [-0.25, -0.2) is 4.98 Å². The Kier molecular flexibility index (Phi) is 6.61. The number of pyridine rings is 1. The van der Waals surface area contributed by atoms with E-state index in [1.54, 1.807) is 37.6 Å². The van der Waals surface area contributed by atoms with E-state index in [2.05, 4.69) is 9.88 Å². The fraction of sp³-hybridized carbons (Fsp3) is 0.435. The number of hydrogen-bond donors (Lipinski definition) is 0. The van der Waals surface area contributed by atoms with Crippen LogP contribution >= 0.6 is 11.6 Å². The molecule has 2 fully saturated rings. The van der Waals surface area contributed by atoms with E-state index in [9.17, 15) is 9.59 Å². The number of amides is 2. The number of anilines is 1. The van der Waals surface area contributed by atoms with E-state index in [4.69, 9.17) is 16.3 Å². The average molecular weight is 443 g/mol. The van der Waals surface area contributed by atoms with Gasteiger partial charge in [-0.2, -0.15) is 0 Å². The Morgan fingerprint density at radius 2 is 1.58 bits per heavy atom. The third-order valence-corrected chi connectivity index (χ3v) is 6.32. The van der Waals surface area contributed by atoms with Crippen LogP contribution in [0.4, 0.5) is 5.82 Å². The number of halogens is 1. The van der Waals surface area contributed by atoms with Crippen molar-refractivity contribution in [2.75, 3.05) is 51.3 Å². The fourth-order valence-electron chi connectivity index (χ4n) is 4.21. The Morgan fingerprint density at radius 3 is 2.16 bits per heavy atom. The second kappa shape index (κ2) is 9.56. The van der Waals surface area contributed by atoms with Crippen molar-refractivity contribution in [3.8, 4) is 5.75 Å². The molecular weight excluding hydrogens is 416 g/mol. The molecule has 4 rings (SSSR count). The largest absolute Gasteiger partial charge is 0.497 e. The Labute approximate surface area is 187 Å². The summed E-state index contributed by atoms with van der Waals surface area (Å²) in [6.07, 6.45) is 3.28. The van der Waals surface area contributed by atoms with Gasteiger partial charge in [-0.15, -0.1) is 0 Å². The molecule has 2 saturated heterocycles. The second-order valence-electron chi connectivity index (χ2n) is 7.94. The van der Waals surface area contributed by atoms with Crippen molar-refractivity contribution >= 4 is 29.2 Å². The van der Waals surface area contributed by atoms with Gasteiger partial charge in [0, 0.05) is 56.9 Å². The van der Waals surface area contributed by atoms with E-state index in [0.717, 1.165) is 37.5 Å². The van der Waals surface area contributed by atoms with E-state index < -0.39 is 0 Å². The van der Waals surface area contributed by atoms with Crippen LogP contribution in [0.15, 0.2) is 42.6 Å². The number of rotatable bonds is 4. The summed E-state index contributed by atoms with van der Waals surface area (Å²) in [5, 5.41) is 0.624. The van der Waals surface area contributed by atoms with Gasteiger partial charge in [0.05, 0.1) is 12.1 Å². The van der Waals surface area contributed by atoms with E-state index in [1.165, 1.54) is 0 Å². The molecule has 0 unspecified atom stereocenters. The Bertz CT molecular complexity index is 903. The number of benzene rings is 1. The van der Waals surface area contributed by atoms with Crippen LogP contribution in [-0.2, 0) is 4.79 Å². The predicted molar refractivity (Wildman–Crippen MR) is 120 cm³/mol. The minimum absolute atomic E-state index is 0.00137. The van der Waals surface area contributed by atoms with Crippen molar-refractivity contribution in [2.45, 2.75) is 12.8 Å². The molecule has 3 heterocycles. The number of piperazine rings is 1. The molecule has 2 aliphatic heterocycles. The van der Waals surface area contributed by atoms with Crippen LogP contribution in [0.3, 0.4) is 0 Å². The number of ether oxygens (including phenoxy) is 1. The van der Waals surface area contributed by atoms with Crippen LogP contribution in [0.5, 0.6) is 5.75 Å². The van der Waals surface area contributed by atoms with Gasteiger partial charge in [-0.05, 0) is 49.2 Å². The first kappa shape index (κ1) is 21.4. The van der Waals surface area contributed by atoms with Crippen LogP contribution in [0.1, 0.15) is 23.2 Å². The number of carbonyl (C=O) groups excluding carboxylic acids is 2. The molecule has 1 aromatic heterocycles. The van der Waals surface area contributed by atoms with Crippen molar-refractivity contribution in [3.63, 3.8) is 0 Å². The van der Waals surface area contributed by atoms with Gasteiger partial charge in [0.1, 0.15) is 11.6 Å². The highest BCUT2D eigenvalue weighted by Crippen LogP contribution is 2.25. The summed E-state index contributed by atoms with van der Waals surface area (Å²) in [6.45, 7) is 3.90. The summed E-state index contributed by atoms with van der Waals surface area (Å²) < 4.78 is 5.15. The molecule has 0 atom stereocenters. The molecule has 2 aliphatic rings. The smallest absolute Gasteiger partial charge is 0.253 e. The predicted octanol–water partition coefficient (Wildman–Crippen LogP) is 2.94. The molecule has 0 aliphatic carbocycles. The normalized spacial score (nSPS) is 17.5. The summed E-state index contributed by atoms with van der Waals surface area (Å²) in [7, 11) is 1.60. The van der Waals surface area contributed by atoms with Crippen LogP contribution in [0.2, 0.25) is 5.02 Å². The lowest BCUT2D eigenvalue weighted by molar-refractivity contribution is -0.137. The number of nitrogens with zero attached hydrogens (tertiary/aromatic N) is 4. The molecule has 31 heavy (non-hydrogen) atoms. The number of hydrogen-bond acceptors (Lipinski definition) is 5. The average Bonchev–Trinajstić information content (AvgIpc) is 2.84. The van der Waals surface area contributed by atoms with Gasteiger partial charge in [-0.3, -0.25) is 9.59 Å². The molecule has 8 heteroatoms. The van der Waals surface area contributed by atoms with Crippen molar-refractivity contribution in [1.82, 2.24) is 14.8 Å². The molecule has 0 radical (unpaired) electrons. The number of aromatic nitrogens is 1. The monoisotopic (exact) mass is 442 g/mol. The maximum Gasteiger partial charge on any atom is 0.253 e.